The van der Waals surface area contributed by atoms with Crippen molar-refractivity contribution in [2.24, 2.45) is 0 Å². The number of nitrogens with one attached hydrogen (secondary N) is 1. The molecule has 0 radical (unpaired) electrons. The van der Waals surface area contributed by atoms with E-state index in [2.05, 4.69) is 26.1 Å². The van der Waals surface area contributed by atoms with E-state index in [9.17, 15) is 9.59 Å². The maximum absolute atomic E-state index is 12.5. The number of amides is 2. The van der Waals surface area contributed by atoms with Gasteiger partial charge in [-0.25, -0.2) is 0 Å². The first-order chi connectivity index (χ1) is 10.8. The summed E-state index contributed by atoms with van der Waals surface area (Å²) in [5.74, 6) is -0.109. The van der Waals surface area contributed by atoms with Crippen LogP contribution in [0.25, 0.3) is 0 Å². The number of hydrogen-bond acceptors (Lipinski definition) is 3. The summed E-state index contributed by atoms with van der Waals surface area (Å²) in [4.78, 5) is 28.0. The minimum absolute atomic E-state index is 0.00802. The molecule has 0 spiro atoms. The van der Waals surface area contributed by atoms with Gasteiger partial charge in [-0.05, 0) is 23.1 Å². The van der Waals surface area contributed by atoms with E-state index in [1.54, 1.807) is 7.05 Å². The Kier molecular flexibility index (Phi) is 5.42. The first-order valence-corrected chi connectivity index (χ1v) is 8.13. The van der Waals surface area contributed by atoms with Crippen LogP contribution < -0.4 is 5.32 Å². The molecule has 0 unspecified atom stereocenters. The summed E-state index contributed by atoms with van der Waals surface area (Å²) in [5, 5.41) is 3.21. The van der Waals surface area contributed by atoms with Crippen molar-refractivity contribution < 1.29 is 9.59 Å². The van der Waals surface area contributed by atoms with Crippen LogP contribution in [0.1, 0.15) is 36.7 Å². The van der Waals surface area contributed by atoms with Gasteiger partial charge in [-0.2, -0.15) is 0 Å². The molecule has 0 aromatic heterocycles. The van der Waals surface area contributed by atoms with Gasteiger partial charge in [0, 0.05) is 38.8 Å². The lowest BCUT2D eigenvalue weighted by atomic mass is 9.86. The summed E-state index contributed by atoms with van der Waals surface area (Å²) in [6.07, 6.45) is 0. The number of likely N-dealkylation sites (N-methyl/N-ethyl adjacent to an activating group) is 1. The summed E-state index contributed by atoms with van der Waals surface area (Å²) in [6.45, 7) is 9.60. The van der Waals surface area contributed by atoms with E-state index in [1.807, 2.05) is 29.2 Å². The molecule has 2 rings (SSSR count). The molecular formula is C18H27N3O2. The van der Waals surface area contributed by atoms with Crippen molar-refractivity contribution in [3.8, 4) is 0 Å². The fraction of sp³-hybridized carbons (Fsp3) is 0.556. The Hall–Kier alpha value is -1.88. The Labute approximate surface area is 138 Å². The second-order valence-electron chi connectivity index (χ2n) is 7.12. The molecule has 1 heterocycles. The van der Waals surface area contributed by atoms with E-state index in [4.69, 9.17) is 0 Å². The van der Waals surface area contributed by atoms with Crippen LogP contribution in [-0.4, -0.2) is 61.4 Å². The zero-order chi connectivity index (χ0) is 17.0. The number of carbonyl (C=O) groups excluding carboxylic acids is 2. The Morgan fingerprint density at radius 2 is 1.70 bits per heavy atom. The standard InChI is InChI=1S/C18H27N3O2/c1-18(2,3)15-7-5-14(6-8-15)17(23)20(4)13-16(22)21-11-9-19-10-12-21/h5-8,19H,9-13H2,1-4H3. The highest BCUT2D eigenvalue weighted by Crippen LogP contribution is 2.22. The average molecular weight is 317 g/mol. The lowest BCUT2D eigenvalue weighted by Gasteiger charge is -2.29. The second-order valence-corrected chi connectivity index (χ2v) is 7.12. The predicted molar refractivity (Wildman–Crippen MR) is 91.6 cm³/mol. The molecule has 1 saturated heterocycles. The second kappa shape index (κ2) is 7.13. The molecule has 0 bridgehead atoms. The van der Waals surface area contributed by atoms with Crippen molar-refractivity contribution in [3.05, 3.63) is 35.4 Å². The van der Waals surface area contributed by atoms with Crippen molar-refractivity contribution in [1.29, 1.82) is 0 Å². The Balaban J connectivity index is 1.97. The van der Waals surface area contributed by atoms with Crippen LogP contribution in [-0.2, 0) is 10.2 Å². The van der Waals surface area contributed by atoms with Crippen molar-refractivity contribution in [2.75, 3.05) is 39.8 Å². The van der Waals surface area contributed by atoms with Crippen molar-refractivity contribution in [3.63, 3.8) is 0 Å². The van der Waals surface area contributed by atoms with Gasteiger partial charge in [0.05, 0.1) is 6.54 Å². The average Bonchev–Trinajstić information content (AvgIpc) is 2.54. The topological polar surface area (TPSA) is 52.7 Å². The molecule has 2 amide bonds. The normalized spacial score (nSPS) is 15.4. The van der Waals surface area contributed by atoms with Gasteiger partial charge in [-0.3, -0.25) is 9.59 Å². The van der Waals surface area contributed by atoms with Gasteiger partial charge in [0.1, 0.15) is 0 Å². The first-order valence-electron chi connectivity index (χ1n) is 8.13. The van der Waals surface area contributed by atoms with Gasteiger partial charge in [0.25, 0.3) is 5.91 Å². The molecule has 1 aromatic carbocycles. The van der Waals surface area contributed by atoms with Crippen LogP contribution in [0.5, 0.6) is 0 Å². The SMILES string of the molecule is CN(CC(=O)N1CCNCC1)C(=O)c1ccc(C(C)(C)C)cc1. The van der Waals surface area contributed by atoms with E-state index < -0.39 is 0 Å². The van der Waals surface area contributed by atoms with Crippen molar-refractivity contribution in [1.82, 2.24) is 15.1 Å². The van der Waals surface area contributed by atoms with Crippen LogP contribution in [0.15, 0.2) is 24.3 Å². The summed E-state index contributed by atoms with van der Waals surface area (Å²) in [5.41, 5.74) is 1.87. The maximum Gasteiger partial charge on any atom is 0.254 e. The molecule has 0 atom stereocenters. The first kappa shape index (κ1) is 17.5. The number of hydrogen-bond donors (Lipinski definition) is 1. The van der Waals surface area contributed by atoms with Crippen molar-refractivity contribution in [2.45, 2.75) is 26.2 Å². The van der Waals surface area contributed by atoms with E-state index in [0.717, 1.165) is 13.1 Å². The summed E-state index contributed by atoms with van der Waals surface area (Å²) in [6, 6.07) is 7.65. The van der Waals surface area contributed by atoms with Gasteiger partial charge in [0.15, 0.2) is 0 Å². The Bertz CT molecular complexity index is 555. The van der Waals surface area contributed by atoms with E-state index in [-0.39, 0.29) is 23.8 Å². The minimum Gasteiger partial charge on any atom is -0.339 e. The molecule has 0 saturated carbocycles. The number of piperazine rings is 1. The summed E-state index contributed by atoms with van der Waals surface area (Å²) >= 11 is 0. The molecule has 1 N–H and O–H groups in total. The predicted octanol–water partition coefficient (Wildman–Crippen LogP) is 1.49. The van der Waals surface area contributed by atoms with Crippen LogP contribution >= 0.6 is 0 Å². The summed E-state index contributed by atoms with van der Waals surface area (Å²) in [7, 11) is 1.68. The molecule has 1 aliphatic heterocycles. The maximum atomic E-state index is 12.5. The molecule has 1 aliphatic rings. The number of benzene rings is 1. The van der Waals surface area contributed by atoms with E-state index >= 15 is 0 Å². The van der Waals surface area contributed by atoms with E-state index in [0.29, 0.717) is 18.7 Å². The molecule has 1 aromatic rings. The number of rotatable bonds is 3. The molecule has 23 heavy (non-hydrogen) atoms. The Morgan fingerprint density at radius 1 is 1.13 bits per heavy atom. The zero-order valence-electron chi connectivity index (χ0n) is 14.6. The highest BCUT2D eigenvalue weighted by Gasteiger charge is 2.21. The lowest BCUT2D eigenvalue weighted by Crippen LogP contribution is -2.49. The smallest absolute Gasteiger partial charge is 0.254 e. The lowest BCUT2D eigenvalue weighted by molar-refractivity contribution is -0.132. The molecular weight excluding hydrogens is 290 g/mol. The minimum atomic E-state index is -0.117. The van der Waals surface area contributed by atoms with E-state index in [1.165, 1.54) is 10.5 Å². The Morgan fingerprint density at radius 3 is 2.22 bits per heavy atom. The van der Waals surface area contributed by atoms with Crippen LogP contribution in [0, 0.1) is 0 Å². The fourth-order valence-corrected chi connectivity index (χ4v) is 2.62. The van der Waals surface area contributed by atoms with Gasteiger partial charge in [0.2, 0.25) is 5.91 Å². The zero-order valence-corrected chi connectivity index (χ0v) is 14.6. The van der Waals surface area contributed by atoms with Crippen LogP contribution in [0.2, 0.25) is 0 Å². The third-order valence-corrected chi connectivity index (χ3v) is 4.19. The quantitative estimate of drug-likeness (QED) is 0.919. The van der Waals surface area contributed by atoms with Gasteiger partial charge in [-0.1, -0.05) is 32.9 Å². The van der Waals surface area contributed by atoms with Crippen LogP contribution in [0.3, 0.4) is 0 Å². The fourth-order valence-electron chi connectivity index (χ4n) is 2.62. The highest BCUT2D eigenvalue weighted by molar-refractivity contribution is 5.96. The molecule has 126 valence electrons. The van der Waals surface area contributed by atoms with Gasteiger partial charge < -0.3 is 15.1 Å². The molecule has 1 fully saturated rings. The van der Waals surface area contributed by atoms with Crippen molar-refractivity contribution >= 4 is 11.8 Å². The van der Waals surface area contributed by atoms with Crippen LogP contribution in [0.4, 0.5) is 0 Å². The summed E-state index contributed by atoms with van der Waals surface area (Å²) < 4.78 is 0. The molecule has 5 nitrogen and oxygen atoms in total. The van der Waals surface area contributed by atoms with Gasteiger partial charge in [-0.15, -0.1) is 0 Å². The molecule has 5 heteroatoms. The third-order valence-electron chi connectivity index (χ3n) is 4.19. The largest absolute Gasteiger partial charge is 0.339 e. The number of carbonyl (C=O) groups is 2. The third kappa shape index (κ3) is 4.55. The molecule has 0 aliphatic carbocycles. The highest BCUT2D eigenvalue weighted by atomic mass is 16.2. The number of nitrogens with zero attached hydrogens (tertiary/aromatic N) is 2. The monoisotopic (exact) mass is 317 g/mol. The van der Waals surface area contributed by atoms with Gasteiger partial charge >= 0.3 is 0 Å².